The summed E-state index contributed by atoms with van der Waals surface area (Å²) in [6, 6.07) is 35.3. The largest absolute Gasteiger partial charge is 0.383 e. The van der Waals surface area contributed by atoms with E-state index in [1.807, 2.05) is 23.9 Å². The number of carbonyl (C=O) groups excluding carboxylic acids is 2. The van der Waals surface area contributed by atoms with Crippen molar-refractivity contribution in [3.63, 3.8) is 0 Å². The van der Waals surface area contributed by atoms with Crippen LogP contribution in [0.5, 0.6) is 0 Å². The highest BCUT2D eigenvalue weighted by Gasteiger charge is 2.32. The van der Waals surface area contributed by atoms with Gasteiger partial charge in [-0.15, -0.1) is 22.7 Å². The second-order valence-corrected chi connectivity index (χ2v) is 23.7. The molecule has 0 unspecified atom stereocenters. The topological polar surface area (TPSA) is 187 Å². The van der Waals surface area contributed by atoms with Gasteiger partial charge in [-0.05, 0) is 123 Å². The first-order valence-corrected chi connectivity index (χ1v) is 31.5. The normalized spacial score (nSPS) is 11.6. The lowest BCUT2D eigenvalue weighted by Gasteiger charge is -2.34. The molecule has 0 saturated heterocycles. The maximum absolute atomic E-state index is 15.6. The summed E-state index contributed by atoms with van der Waals surface area (Å²) in [7, 11) is 6.82. The van der Waals surface area contributed by atoms with Crippen molar-refractivity contribution in [2.45, 2.75) is 40.0 Å². The van der Waals surface area contributed by atoms with Gasteiger partial charge in [-0.2, -0.15) is 10.0 Å². The van der Waals surface area contributed by atoms with E-state index in [9.17, 15) is 19.2 Å². The molecule has 10 rings (SSSR count). The number of likely N-dealkylation sites (N-methyl/N-ethyl adjacent to an activating group) is 2. The molecule has 6 aromatic carbocycles. The average molecular weight is 1310 g/mol. The molecule has 19 nitrogen and oxygen atoms in total. The number of hydrogen-bond acceptors (Lipinski definition) is 13. The van der Waals surface area contributed by atoms with Crippen LogP contribution in [0.1, 0.15) is 36.1 Å². The number of methoxy groups -OCH3 is 2. The number of hydrazine groups is 1. The van der Waals surface area contributed by atoms with Gasteiger partial charge >= 0.3 is 23.4 Å². The van der Waals surface area contributed by atoms with Gasteiger partial charge < -0.3 is 24.8 Å². The smallest absolute Gasteiger partial charge is 0.341 e. The molecule has 0 fully saturated rings. The minimum Gasteiger partial charge on any atom is -0.383 e. The van der Waals surface area contributed by atoms with Crippen LogP contribution in [-0.4, -0.2) is 121 Å². The van der Waals surface area contributed by atoms with Crippen molar-refractivity contribution in [3.8, 4) is 32.3 Å². The van der Waals surface area contributed by atoms with Gasteiger partial charge in [-0.25, -0.2) is 45.9 Å². The van der Waals surface area contributed by atoms with Crippen LogP contribution in [0.25, 0.3) is 52.7 Å². The Morgan fingerprint density at radius 1 is 0.473 bits per heavy atom. The number of para-hydroxylation sites is 2. The molecule has 10 aromatic rings. The van der Waals surface area contributed by atoms with Crippen LogP contribution in [0.3, 0.4) is 0 Å². The predicted octanol–water partition coefficient (Wildman–Crippen LogP) is 10.6. The Balaban J connectivity index is 1.11. The number of amides is 4. The number of nitrogens with zero attached hydrogens (tertiary/aromatic N) is 8. The molecular formula is C68H68F4N10O9S2. The van der Waals surface area contributed by atoms with Gasteiger partial charge in [0.05, 0.1) is 73.0 Å². The highest BCUT2D eigenvalue weighted by molar-refractivity contribution is 7.22. The van der Waals surface area contributed by atoms with E-state index in [0.29, 0.717) is 71.5 Å². The fourth-order valence-corrected chi connectivity index (χ4v) is 13.5. The van der Waals surface area contributed by atoms with Crippen LogP contribution in [0.4, 0.5) is 38.5 Å². The van der Waals surface area contributed by atoms with Crippen LogP contribution < -0.4 is 43.1 Å². The fourth-order valence-electron chi connectivity index (χ4n) is 10.9. The van der Waals surface area contributed by atoms with E-state index in [2.05, 4.69) is 10.6 Å². The number of anilines is 2. The summed E-state index contributed by atoms with van der Waals surface area (Å²) < 4.78 is 83.0. The Labute approximate surface area is 540 Å². The molecule has 4 heterocycles. The van der Waals surface area contributed by atoms with Crippen LogP contribution in [0.2, 0.25) is 0 Å². The number of nitrogens with one attached hydrogen (secondary N) is 2. The Morgan fingerprint density at radius 3 is 1.22 bits per heavy atom. The first kappa shape index (κ1) is 66.6. The summed E-state index contributed by atoms with van der Waals surface area (Å²) in [6.07, 6.45) is 0. The first-order chi connectivity index (χ1) is 45.0. The lowest BCUT2D eigenvalue weighted by atomic mass is 10.1. The van der Waals surface area contributed by atoms with E-state index in [1.54, 1.807) is 137 Å². The lowest BCUT2D eigenvalue weighted by Crippen LogP contribution is -2.57. The zero-order valence-electron chi connectivity index (χ0n) is 51.9. The van der Waals surface area contributed by atoms with Gasteiger partial charge in [0, 0.05) is 74.4 Å². The third-order valence-electron chi connectivity index (χ3n) is 15.5. The van der Waals surface area contributed by atoms with Crippen molar-refractivity contribution in [3.05, 3.63) is 233 Å². The molecular weight excluding hydrogens is 1240 g/mol. The SMILES string of the molecule is CCNC(=O)N(c1ccc(-c2sc3c(c2CN(C)CCOC)c(=O)n(-c2ccccc2)c(=O)n3Cc2c(F)cccc2F)cc1)N(C(=O)NCC)c1ccc(-c2sc3c(c2CN(C)CCOCCOC)c(=O)n(-c2ccccc2)c(=O)n3Cc2c(F)cccc2F)cc1. The monoisotopic (exact) mass is 1310 g/mol. The van der Waals surface area contributed by atoms with Crippen molar-refractivity contribution in [2.24, 2.45) is 0 Å². The van der Waals surface area contributed by atoms with Gasteiger partial charge in [0.15, 0.2) is 0 Å². The molecule has 2 N–H and O–H groups in total. The number of fused-ring (bicyclic) bond motifs is 2. The highest BCUT2D eigenvalue weighted by atomic mass is 32.1. The number of hydrogen-bond donors (Lipinski definition) is 2. The summed E-state index contributed by atoms with van der Waals surface area (Å²) in [4.78, 5) is 94.1. The zero-order chi connectivity index (χ0) is 66.0. The quantitative estimate of drug-likeness (QED) is 0.0315. The molecule has 0 aliphatic heterocycles. The van der Waals surface area contributed by atoms with Crippen molar-refractivity contribution >= 4 is 66.5 Å². The molecule has 0 spiro atoms. The van der Waals surface area contributed by atoms with Crippen molar-refractivity contribution in [1.29, 1.82) is 0 Å². The molecule has 25 heteroatoms. The molecule has 93 heavy (non-hydrogen) atoms. The number of rotatable bonds is 25. The second-order valence-electron chi connectivity index (χ2n) is 21.7. The van der Waals surface area contributed by atoms with Gasteiger partial charge in [0.1, 0.15) is 32.9 Å². The van der Waals surface area contributed by atoms with Gasteiger partial charge in [0.25, 0.3) is 11.1 Å². The van der Waals surface area contributed by atoms with Crippen LogP contribution >= 0.6 is 22.7 Å². The summed E-state index contributed by atoms with van der Waals surface area (Å²) in [6.45, 7) is 5.14. The summed E-state index contributed by atoms with van der Waals surface area (Å²) in [5.41, 5.74) is -0.751. The summed E-state index contributed by atoms with van der Waals surface area (Å²) in [5, 5.41) is 8.27. The molecule has 4 amide bonds. The Hall–Kier alpha value is -9.34. The maximum atomic E-state index is 15.6. The Bertz CT molecular complexity index is 4540. The van der Waals surface area contributed by atoms with E-state index < -0.39 is 70.9 Å². The van der Waals surface area contributed by atoms with E-state index in [0.717, 1.165) is 66.1 Å². The molecule has 0 saturated carbocycles. The van der Waals surface area contributed by atoms with Crippen molar-refractivity contribution in [1.82, 2.24) is 38.7 Å². The lowest BCUT2D eigenvalue weighted by molar-refractivity contribution is 0.0598. The molecule has 0 bridgehead atoms. The predicted molar refractivity (Wildman–Crippen MR) is 355 cm³/mol. The standard InChI is InChI=1S/C68H68F4N10O9S2/c1-7-73-65(85)81(47-29-25-43(26-30-47)59-51(39-75(3)33-35-89-5)57-61(83)79(45-17-11-9-12-18-45)67(87)77(63(57)92-59)41-49-53(69)21-15-22-54(49)70)82(66(86)74-8-2)48-31-27-44(28-32-48)60-52(40-76(4)34-36-91-38-37-90-6)58-62(84)80(46-19-13-10-14-20-46)68(88)78(64(58)93-60)42-50-55(71)23-16-24-56(50)72/h9-32H,7-8,33-42H2,1-6H3,(H,73,85)(H,74,86). The van der Waals surface area contributed by atoms with Gasteiger partial charge in [-0.1, -0.05) is 72.8 Å². The minimum atomic E-state index is -0.881. The minimum absolute atomic E-state index is 0.138. The third kappa shape index (κ3) is 14.0. The number of ether oxygens (including phenoxy) is 3. The van der Waals surface area contributed by atoms with Crippen LogP contribution in [-0.2, 0) is 40.4 Å². The summed E-state index contributed by atoms with van der Waals surface area (Å²) in [5.74, 6) is -3.52. The molecule has 0 atom stereocenters. The number of carbonyl (C=O) groups is 2. The molecule has 0 radical (unpaired) electrons. The average Bonchev–Trinajstić information content (AvgIpc) is 1.63. The Morgan fingerprint density at radius 2 is 0.849 bits per heavy atom. The van der Waals surface area contributed by atoms with Gasteiger partial charge in [-0.3, -0.25) is 28.5 Å². The van der Waals surface area contributed by atoms with E-state index in [4.69, 9.17) is 14.2 Å². The van der Waals surface area contributed by atoms with Crippen molar-refractivity contribution in [2.75, 3.05) is 90.9 Å². The number of halogens is 4. The number of urea groups is 2. The van der Waals surface area contributed by atoms with Gasteiger partial charge in [0.2, 0.25) is 0 Å². The van der Waals surface area contributed by atoms with E-state index >= 15 is 27.2 Å². The molecule has 4 aromatic heterocycles. The number of aromatic nitrogens is 4. The number of thiophene rings is 2. The highest BCUT2D eigenvalue weighted by Crippen LogP contribution is 2.42. The summed E-state index contributed by atoms with van der Waals surface area (Å²) >= 11 is 2.18. The Kier molecular flexibility index (Phi) is 21.4. The molecule has 0 aliphatic rings. The molecule has 484 valence electrons. The van der Waals surface area contributed by atoms with E-state index in [-0.39, 0.29) is 80.5 Å². The zero-order valence-corrected chi connectivity index (χ0v) is 53.6. The fraction of sp³-hybridized carbons (Fsp3) is 0.265. The maximum Gasteiger partial charge on any atom is 0.341 e. The number of benzene rings is 6. The first-order valence-electron chi connectivity index (χ1n) is 29.9. The third-order valence-corrected chi connectivity index (χ3v) is 18.1. The van der Waals surface area contributed by atoms with Crippen LogP contribution in [0, 0.1) is 23.3 Å². The molecule has 0 aliphatic carbocycles. The van der Waals surface area contributed by atoms with Crippen LogP contribution in [0.15, 0.2) is 165 Å². The van der Waals surface area contributed by atoms with E-state index in [1.165, 1.54) is 21.3 Å². The second kappa shape index (κ2) is 30.0. The van der Waals surface area contributed by atoms with Crippen molar-refractivity contribution < 1.29 is 41.4 Å².